The van der Waals surface area contributed by atoms with E-state index >= 15 is 0 Å². The average molecular weight is 312 g/mol. The fraction of sp³-hybridized carbons (Fsp3) is 0.294. The van der Waals surface area contributed by atoms with Crippen LogP contribution in [0.15, 0.2) is 30.5 Å². The lowest BCUT2D eigenvalue weighted by atomic mass is 10.1. The lowest BCUT2D eigenvalue weighted by Crippen LogP contribution is -2.22. The number of methoxy groups -OCH3 is 1. The van der Waals surface area contributed by atoms with Gasteiger partial charge in [0, 0.05) is 23.2 Å². The summed E-state index contributed by atoms with van der Waals surface area (Å²) < 4.78 is 5.19. The summed E-state index contributed by atoms with van der Waals surface area (Å²) in [5.74, 6) is 0.992. The Balaban J connectivity index is 1.73. The zero-order valence-corrected chi connectivity index (χ0v) is 13.4. The predicted octanol–water partition coefficient (Wildman–Crippen LogP) is 2.95. The normalized spacial score (nSPS) is 11.1. The van der Waals surface area contributed by atoms with Crippen molar-refractivity contribution in [3.8, 4) is 5.75 Å². The molecule has 0 unspecified atom stereocenters. The lowest BCUT2D eigenvalue weighted by molar-refractivity contribution is 0.0952. The van der Waals surface area contributed by atoms with Gasteiger partial charge in [-0.2, -0.15) is 5.10 Å². The van der Waals surface area contributed by atoms with Crippen molar-refractivity contribution < 1.29 is 9.53 Å². The van der Waals surface area contributed by atoms with E-state index in [0.29, 0.717) is 18.0 Å². The molecule has 0 fully saturated rings. The summed E-state index contributed by atoms with van der Waals surface area (Å²) in [6.07, 6.45) is 1.71. The lowest BCUT2D eigenvalue weighted by Gasteiger charge is -2.03. The van der Waals surface area contributed by atoms with E-state index in [2.05, 4.69) is 34.3 Å². The highest BCUT2D eigenvalue weighted by Crippen LogP contribution is 2.23. The van der Waals surface area contributed by atoms with E-state index in [9.17, 15) is 4.79 Å². The molecule has 1 aromatic carbocycles. The first-order chi connectivity index (χ1) is 11.1. The minimum atomic E-state index is -0.123. The van der Waals surface area contributed by atoms with Crippen molar-refractivity contribution in [3.63, 3.8) is 0 Å². The van der Waals surface area contributed by atoms with Crippen LogP contribution in [0.5, 0.6) is 5.75 Å². The first-order valence-corrected chi connectivity index (χ1v) is 7.56. The van der Waals surface area contributed by atoms with Crippen LogP contribution in [-0.2, 0) is 6.54 Å². The molecule has 0 radical (unpaired) electrons. The van der Waals surface area contributed by atoms with E-state index in [0.717, 1.165) is 28.0 Å². The molecule has 0 atom stereocenters. The van der Waals surface area contributed by atoms with Crippen LogP contribution in [0.1, 0.15) is 41.5 Å². The molecule has 0 spiro atoms. The molecule has 0 bridgehead atoms. The number of rotatable bonds is 5. The summed E-state index contributed by atoms with van der Waals surface area (Å²) in [5.41, 5.74) is 3.38. The molecule has 0 aliphatic rings. The van der Waals surface area contributed by atoms with Crippen molar-refractivity contribution in [2.24, 2.45) is 0 Å². The molecule has 0 saturated carbocycles. The molecule has 0 aliphatic carbocycles. The minimum Gasteiger partial charge on any atom is -0.497 e. The van der Waals surface area contributed by atoms with Gasteiger partial charge in [-0.1, -0.05) is 13.8 Å². The van der Waals surface area contributed by atoms with E-state index in [1.807, 2.05) is 24.3 Å². The molecule has 2 aromatic heterocycles. The van der Waals surface area contributed by atoms with Gasteiger partial charge in [0.1, 0.15) is 5.75 Å². The van der Waals surface area contributed by atoms with Crippen molar-refractivity contribution in [1.29, 1.82) is 0 Å². The van der Waals surface area contributed by atoms with E-state index in [4.69, 9.17) is 4.74 Å². The van der Waals surface area contributed by atoms with Gasteiger partial charge in [0.15, 0.2) is 0 Å². The highest BCUT2D eigenvalue weighted by atomic mass is 16.5. The number of fused-ring (bicyclic) bond motifs is 1. The monoisotopic (exact) mass is 312 g/mol. The molecule has 3 N–H and O–H groups in total. The number of hydrogen-bond acceptors (Lipinski definition) is 3. The summed E-state index contributed by atoms with van der Waals surface area (Å²) in [4.78, 5) is 15.5. The highest BCUT2D eigenvalue weighted by Gasteiger charge is 2.13. The molecule has 6 nitrogen and oxygen atoms in total. The van der Waals surface area contributed by atoms with Crippen molar-refractivity contribution in [1.82, 2.24) is 20.5 Å². The number of benzene rings is 1. The number of nitrogens with zero attached hydrogens (tertiary/aromatic N) is 1. The smallest absolute Gasteiger partial charge is 0.253 e. The van der Waals surface area contributed by atoms with E-state index in [1.165, 1.54) is 0 Å². The average Bonchev–Trinajstić information content (AvgIpc) is 3.18. The van der Waals surface area contributed by atoms with E-state index in [1.54, 1.807) is 13.3 Å². The molecule has 6 heteroatoms. The van der Waals surface area contributed by atoms with Gasteiger partial charge in [0.05, 0.1) is 30.6 Å². The van der Waals surface area contributed by atoms with Crippen molar-refractivity contribution in [2.45, 2.75) is 26.3 Å². The number of carbonyl (C=O) groups excluding carboxylic acids is 1. The van der Waals surface area contributed by atoms with Crippen molar-refractivity contribution in [2.75, 3.05) is 7.11 Å². The largest absolute Gasteiger partial charge is 0.497 e. The third kappa shape index (κ3) is 3.06. The molecule has 2 heterocycles. The first-order valence-electron chi connectivity index (χ1n) is 7.56. The number of H-pyrrole nitrogens is 2. The van der Waals surface area contributed by atoms with Crippen molar-refractivity contribution >= 4 is 16.8 Å². The Morgan fingerprint density at radius 3 is 2.87 bits per heavy atom. The van der Waals surface area contributed by atoms with Gasteiger partial charge in [0.25, 0.3) is 5.91 Å². The van der Waals surface area contributed by atoms with Gasteiger partial charge < -0.3 is 15.0 Å². The predicted molar refractivity (Wildman–Crippen MR) is 88.7 cm³/mol. The van der Waals surface area contributed by atoms with Crippen molar-refractivity contribution in [3.05, 3.63) is 47.4 Å². The standard InChI is InChI=1S/C17H20N4O2/c1-10(2)15-6-11(20-21-15)8-19-17(22)14-9-18-16-7-12(23-3)4-5-13(14)16/h4-7,9-10,18H,8H2,1-3H3,(H,19,22)(H,20,21). The molecule has 0 aliphatic heterocycles. The molecular weight excluding hydrogens is 292 g/mol. The van der Waals surface area contributed by atoms with Crippen LogP contribution in [0.25, 0.3) is 10.9 Å². The molecule has 120 valence electrons. The maximum Gasteiger partial charge on any atom is 0.253 e. The van der Waals surface area contributed by atoms with Crippen LogP contribution in [0.3, 0.4) is 0 Å². The van der Waals surface area contributed by atoms with Crippen LogP contribution in [-0.4, -0.2) is 28.2 Å². The molecule has 1 amide bonds. The number of carbonyl (C=O) groups is 1. The topological polar surface area (TPSA) is 82.8 Å². The number of hydrogen-bond donors (Lipinski definition) is 3. The maximum atomic E-state index is 12.4. The number of nitrogens with one attached hydrogen (secondary N) is 3. The molecule has 0 saturated heterocycles. The van der Waals surface area contributed by atoms with Crippen LogP contribution in [0.4, 0.5) is 0 Å². The van der Waals surface area contributed by atoms with Gasteiger partial charge in [-0.05, 0) is 24.1 Å². The summed E-state index contributed by atoms with van der Waals surface area (Å²) >= 11 is 0. The Bertz CT molecular complexity index is 832. The van der Waals surface area contributed by atoms with Crippen LogP contribution in [0.2, 0.25) is 0 Å². The molecule has 3 aromatic rings. The zero-order chi connectivity index (χ0) is 16.4. The number of aromatic amines is 2. The Labute approximate surface area is 134 Å². The molecule has 3 rings (SSSR count). The Morgan fingerprint density at radius 2 is 2.17 bits per heavy atom. The number of amides is 1. The third-order valence-corrected chi connectivity index (χ3v) is 3.82. The maximum absolute atomic E-state index is 12.4. The second-order valence-corrected chi connectivity index (χ2v) is 5.77. The third-order valence-electron chi connectivity index (χ3n) is 3.82. The molecular formula is C17H20N4O2. The fourth-order valence-corrected chi connectivity index (χ4v) is 2.46. The zero-order valence-electron chi connectivity index (χ0n) is 13.4. The van der Waals surface area contributed by atoms with Gasteiger partial charge in [-0.15, -0.1) is 0 Å². The number of ether oxygens (including phenoxy) is 1. The minimum absolute atomic E-state index is 0.123. The highest BCUT2D eigenvalue weighted by molar-refractivity contribution is 6.06. The molecule has 23 heavy (non-hydrogen) atoms. The number of aromatic nitrogens is 3. The van der Waals surface area contributed by atoms with Gasteiger partial charge in [-0.25, -0.2) is 0 Å². The quantitative estimate of drug-likeness (QED) is 0.677. The Morgan fingerprint density at radius 1 is 1.35 bits per heavy atom. The Hall–Kier alpha value is -2.76. The van der Waals surface area contributed by atoms with E-state index in [-0.39, 0.29) is 5.91 Å². The van der Waals surface area contributed by atoms with Gasteiger partial charge in [0.2, 0.25) is 0 Å². The second-order valence-electron chi connectivity index (χ2n) is 5.77. The SMILES string of the molecule is COc1ccc2c(C(=O)NCc3cc(C(C)C)n[nH]3)c[nH]c2c1. The first kappa shape index (κ1) is 15.1. The van der Waals surface area contributed by atoms with Crippen LogP contribution >= 0.6 is 0 Å². The van der Waals surface area contributed by atoms with Crippen LogP contribution in [0, 0.1) is 0 Å². The van der Waals surface area contributed by atoms with Gasteiger partial charge >= 0.3 is 0 Å². The summed E-state index contributed by atoms with van der Waals surface area (Å²) in [7, 11) is 1.62. The second kappa shape index (κ2) is 6.16. The van der Waals surface area contributed by atoms with Crippen LogP contribution < -0.4 is 10.1 Å². The summed E-state index contributed by atoms with van der Waals surface area (Å²) in [6.45, 7) is 4.58. The summed E-state index contributed by atoms with van der Waals surface area (Å²) in [6, 6.07) is 7.57. The van der Waals surface area contributed by atoms with Gasteiger partial charge in [-0.3, -0.25) is 9.89 Å². The summed E-state index contributed by atoms with van der Waals surface area (Å²) in [5, 5.41) is 11.0. The fourth-order valence-electron chi connectivity index (χ4n) is 2.46. The van der Waals surface area contributed by atoms with E-state index < -0.39 is 0 Å². The Kier molecular flexibility index (Phi) is 4.06.